The van der Waals surface area contributed by atoms with Crippen molar-refractivity contribution in [2.24, 2.45) is 0 Å². The van der Waals surface area contributed by atoms with Crippen LogP contribution in [0.25, 0.3) is 0 Å². The Bertz CT molecular complexity index is 386. The van der Waals surface area contributed by atoms with Crippen LogP contribution in [0.4, 0.5) is 0 Å². The minimum absolute atomic E-state index is 0.0217. The molecule has 4 heteroatoms. The van der Waals surface area contributed by atoms with Crippen LogP contribution in [0.5, 0.6) is 11.5 Å². The molecule has 94 valence electrons. The maximum Gasteiger partial charge on any atom is 0.161 e. The van der Waals surface area contributed by atoms with Crippen molar-refractivity contribution in [3.8, 4) is 11.5 Å². The summed E-state index contributed by atoms with van der Waals surface area (Å²) in [5, 5.41) is 12.9. The number of benzene rings is 1. The third-order valence-corrected chi connectivity index (χ3v) is 3.25. The smallest absolute Gasteiger partial charge is 0.161 e. The standard InChI is InChI=1S/C13H19NO3/c1-16-12-6-9(8-15)10(7-13(12)17-2)11-4-3-5-14-11/h6-7,11,14-15H,3-5,8H2,1-2H3/t11-/m1/s1. The number of nitrogens with one attached hydrogen (secondary N) is 1. The van der Waals surface area contributed by atoms with Crippen LogP contribution in [0.3, 0.4) is 0 Å². The van der Waals surface area contributed by atoms with E-state index in [1.807, 2.05) is 12.1 Å². The lowest BCUT2D eigenvalue weighted by Gasteiger charge is -2.18. The maximum atomic E-state index is 9.44. The van der Waals surface area contributed by atoms with Gasteiger partial charge in [-0.05, 0) is 42.6 Å². The first kappa shape index (κ1) is 12.2. The van der Waals surface area contributed by atoms with Crippen LogP contribution in [0.2, 0.25) is 0 Å². The number of aliphatic hydroxyl groups is 1. The Balaban J connectivity index is 2.41. The molecule has 1 heterocycles. The molecule has 0 radical (unpaired) electrons. The van der Waals surface area contributed by atoms with Crippen LogP contribution in [0.15, 0.2) is 12.1 Å². The second kappa shape index (κ2) is 5.38. The molecule has 2 rings (SSSR count). The summed E-state index contributed by atoms with van der Waals surface area (Å²) in [5.74, 6) is 1.38. The summed E-state index contributed by atoms with van der Waals surface area (Å²) in [4.78, 5) is 0. The molecule has 2 N–H and O–H groups in total. The van der Waals surface area contributed by atoms with Gasteiger partial charge in [-0.3, -0.25) is 0 Å². The van der Waals surface area contributed by atoms with Gasteiger partial charge in [0.1, 0.15) is 0 Å². The molecular weight excluding hydrogens is 218 g/mol. The number of hydrogen-bond donors (Lipinski definition) is 2. The van der Waals surface area contributed by atoms with Crippen molar-refractivity contribution in [3.05, 3.63) is 23.3 Å². The summed E-state index contributed by atoms with van der Waals surface area (Å²) in [6.45, 7) is 1.05. The van der Waals surface area contributed by atoms with E-state index in [1.54, 1.807) is 14.2 Å². The topological polar surface area (TPSA) is 50.7 Å². The Hall–Kier alpha value is -1.26. The van der Waals surface area contributed by atoms with Crippen LogP contribution >= 0.6 is 0 Å². The molecule has 1 aromatic rings. The fourth-order valence-electron chi connectivity index (χ4n) is 2.35. The minimum atomic E-state index is 0.0217. The van der Waals surface area contributed by atoms with Crippen LogP contribution < -0.4 is 14.8 Å². The molecule has 1 aliphatic heterocycles. The fraction of sp³-hybridized carbons (Fsp3) is 0.538. The monoisotopic (exact) mass is 237 g/mol. The van der Waals surface area contributed by atoms with Gasteiger partial charge in [-0.15, -0.1) is 0 Å². The molecule has 0 amide bonds. The molecule has 1 saturated heterocycles. The highest BCUT2D eigenvalue weighted by Gasteiger charge is 2.21. The third-order valence-electron chi connectivity index (χ3n) is 3.25. The van der Waals surface area contributed by atoms with Gasteiger partial charge in [0.05, 0.1) is 20.8 Å². The van der Waals surface area contributed by atoms with Crippen molar-refractivity contribution in [1.82, 2.24) is 5.32 Å². The molecule has 17 heavy (non-hydrogen) atoms. The Morgan fingerprint density at radius 2 is 2.00 bits per heavy atom. The van der Waals surface area contributed by atoms with E-state index in [0.29, 0.717) is 17.5 Å². The second-order valence-electron chi connectivity index (χ2n) is 4.21. The third kappa shape index (κ3) is 2.37. The van der Waals surface area contributed by atoms with Crippen LogP contribution in [0, 0.1) is 0 Å². The number of ether oxygens (including phenoxy) is 2. The molecular formula is C13H19NO3. The predicted octanol–water partition coefficient (Wildman–Crippen LogP) is 1.62. The zero-order chi connectivity index (χ0) is 12.3. The number of aliphatic hydroxyl groups excluding tert-OH is 1. The van der Waals surface area contributed by atoms with Gasteiger partial charge < -0.3 is 19.9 Å². The summed E-state index contributed by atoms with van der Waals surface area (Å²) in [6, 6.07) is 4.14. The molecule has 1 atom stereocenters. The van der Waals surface area contributed by atoms with Gasteiger partial charge in [0.25, 0.3) is 0 Å². The Morgan fingerprint density at radius 1 is 1.29 bits per heavy atom. The number of hydrogen-bond acceptors (Lipinski definition) is 4. The molecule has 4 nitrogen and oxygen atoms in total. The van der Waals surface area contributed by atoms with E-state index in [4.69, 9.17) is 9.47 Å². The quantitative estimate of drug-likeness (QED) is 0.835. The molecule has 1 aromatic carbocycles. The van der Waals surface area contributed by atoms with E-state index in [-0.39, 0.29) is 6.61 Å². The summed E-state index contributed by atoms with van der Waals surface area (Å²) < 4.78 is 10.5. The van der Waals surface area contributed by atoms with Crippen molar-refractivity contribution in [2.45, 2.75) is 25.5 Å². The van der Waals surface area contributed by atoms with E-state index >= 15 is 0 Å². The maximum absolute atomic E-state index is 9.44. The molecule has 0 unspecified atom stereocenters. The average Bonchev–Trinajstić information content (AvgIpc) is 2.90. The molecule has 1 fully saturated rings. The van der Waals surface area contributed by atoms with E-state index in [0.717, 1.165) is 24.1 Å². The van der Waals surface area contributed by atoms with E-state index in [2.05, 4.69) is 5.32 Å². The van der Waals surface area contributed by atoms with Gasteiger partial charge in [-0.2, -0.15) is 0 Å². The summed E-state index contributed by atoms with van der Waals surface area (Å²) in [6.07, 6.45) is 2.27. The van der Waals surface area contributed by atoms with E-state index in [9.17, 15) is 5.11 Å². The Kier molecular flexibility index (Phi) is 3.86. The average molecular weight is 237 g/mol. The molecule has 1 aliphatic rings. The number of rotatable bonds is 4. The Labute approximate surface area is 102 Å². The van der Waals surface area contributed by atoms with Gasteiger partial charge in [-0.25, -0.2) is 0 Å². The van der Waals surface area contributed by atoms with Crippen LogP contribution in [-0.2, 0) is 6.61 Å². The molecule has 0 spiro atoms. The van der Waals surface area contributed by atoms with Gasteiger partial charge in [0.15, 0.2) is 11.5 Å². The van der Waals surface area contributed by atoms with E-state index < -0.39 is 0 Å². The second-order valence-corrected chi connectivity index (χ2v) is 4.21. The number of methoxy groups -OCH3 is 2. The minimum Gasteiger partial charge on any atom is -0.493 e. The lowest BCUT2D eigenvalue weighted by Crippen LogP contribution is -2.15. The van der Waals surface area contributed by atoms with Gasteiger partial charge in [0, 0.05) is 6.04 Å². The first-order chi connectivity index (χ1) is 8.30. The summed E-state index contributed by atoms with van der Waals surface area (Å²) in [5.41, 5.74) is 2.02. The normalized spacial score (nSPS) is 19.4. The molecule has 0 aliphatic carbocycles. The highest BCUT2D eigenvalue weighted by Crippen LogP contribution is 2.35. The lowest BCUT2D eigenvalue weighted by atomic mass is 9.98. The highest BCUT2D eigenvalue weighted by molar-refractivity contribution is 5.48. The fourth-order valence-corrected chi connectivity index (χ4v) is 2.35. The first-order valence-corrected chi connectivity index (χ1v) is 5.89. The van der Waals surface area contributed by atoms with Crippen molar-refractivity contribution < 1.29 is 14.6 Å². The van der Waals surface area contributed by atoms with Crippen LogP contribution in [0.1, 0.15) is 30.0 Å². The predicted molar refractivity (Wildman–Crippen MR) is 65.4 cm³/mol. The van der Waals surface area contributed by atoms with Gasteiger partial charge in [-0.1, -0.05) is 0 Å². The van der Waals surface area contributed by atoms with Crippen molar-refractivity contribution >= 4 is 0 Å². The first-order valence-electron chi connectivity index (χ1n) is 5.89. The van der Waals surface area contributed by atoms with Crippen LogP contribution in [-0.4, -0.2) is 25.9 Å². The van der Waals surface area contributed by atoms with Crippen molar-refractivity contribution in [2.75, 3.05) is 20.8 Å². The SMILES string of the molecule is COc1cc(CO)c([C@H]2CCCN2)cc1OC. The zero-order valence-electron chi connectivity index (χ0n) is 10.3. The van der Waals surface area contributed by atoms with Crippen molar-refractivity contribution in [3.63, 3.8) is 0 Å². The van der Waals surface area contributed by atoms with Crippen molar-refractivity contribution in [1.29, 1.82) is 0 Å². The van der Waals surface area contributed by atoms with E-state index in [1.165, 1.54) is 6.42 Å². The summed E-state index contributed by atoms with van der Waals surface area (Å²) in [7, 11) is 3.23. The van der Waals surface area contributed by atoms with Gasteiger partial charge >= 0.3 is 0 Å². The Morgan fingerprint density at radius 3 is 2.53 bits per heavy atom. The molecule has 0 bridgehead atoms. The largest absolute Gasteiger partial charge is 0.493 e. The molecule has 0 aromatic heterocycles. The zero-order valence-corrected chi connectivity index (χ0v) is 10.3. The summed E-state index contributed by atoms with van der Waals surface area (Å²) >= 11 is 0. The lowest BCUT2D eigenvalue weighted by molar-refractivity contribution is 0.277. The highest BCUT2D eigenvalue weighted by atomic mass is 16.5. The molecule has 0 saturated carbocycles. The van der Waals surface area contributed by atoms with Gasteiger partial charge in [0.2, 0.25) is 0 Å².